The zero-order valence-electron chi connectivity index (χ0n) is 13.8. The summed E-state index contributed by atoms with van der Waals surface area (Å²) in [6.07, 6.45) is 2.30. The zero-order chi connectivity index (χ0) is 15.7. The molecule has 0 saturated heterocycles. The first-order valence-corrected chi connectivity index (χ1v) is 11.4. The molecule has 4 heteroatoms. The van der Waals surface area contributed by atoms with Gasteiger partial charge in [0.25, 0.3) is 0 Å². The number of benzene rings is 1. The molecule has 0 aromatic heterocycles. The van der Waals surface area contributed by atoms with Crippen LogP contribution in [0.5, 0.6) is 0 Å². The van der Waals surface area contributed by atoms with Crippen LogP contribution in [0.2, 0.25) is 19.6 Å². The summed E-state index contributed by atoms with van der Waals surface area (Å²) < 4.78 is 11.5. The van der Waals surface area contributed by atoms with Gasteiger partial charge in [-0.3, -0.25) is 0 Å². The third kappa shape index (κ3) is 7.76. The molecule has 0 amide bonds. The summed E-state index contributed by atoms with van der Waals surface area (Å²) in [7, 11) is -1.47. The Morgan fingerprint density at radius 2 is 1.81 bits per heavy atom. The highest BCUT2D eigenvalue weighted by molar-refractivity contribution is 6.77. The lowest BCUT2D eigenvalue weighted by atomic mass is 10.1. The number of rotatable bonds is 10. The molecule has 1 rings (SSSR count). The first-order valence-electron chi connectivity index (χ1n) is 7.84. The summed E-state index contributed by atoms with van der Waals surface area (Å²) in [6, 6.07) is 10.1. The van der Waals surface area contributed by atoms with Gasteiger partial charge in [0.15, 0.2) is 0 Å². The fourth-order valence-corrected chi connectivity index (χ4v) is 3.78. The second kappa shape index (κ2) is 9.36. The van der Waals surface area contributed by atoms with Crippen LogP contribution in [0.25, 0.3) is 0 Å². The van der Waals surface area contributed by atoms with Crippen molar-refractivity contribution < 1.29 is 14.6 Å². The van der Waals surface area contributed by atoms with E-state index < -0.39 is 8.07 Å². The predicted molar refractivity (Wildman–Crippen MR) is 89.8 cm³/mol. The van der Waals surface area contributed by atoms with Gasteiger partial charge in [-0.15, -0.1) is 0 Å². The van der Waals surface area contributed by atoms with Gasteiger partial charge in [-0.25, -0.2) is 0 Å². The second-order valence-electron chi connectivity index (χ2n) is 6.65. The van der Waals surface area contributed by atoms with Gasteiger partial charge in [-0.1, -0.05) is 63.3 Å². The smallest absolute Gasteiger partial charge is 0.147 e. The molecular formula is C17H30O3Si. The molecule has 0 saturated carbocycles. The van der Waals surface area contributed by atoms with Crippen LogP contribution in [0.3, 0.4) is 0 Å². The molecule has 0 unspecified atom stereocenters. The quantitative estimate of drug-likeness (QED) is 0.404. The third-order valence-corrected chi connectivity index (χ3v) is 5.87. The summed E-state index contributed by atoms with van der Waals surface area (Å²) in [5.74, 6) is 0. The molecule has 1 N–H and O–H groups in total. The third-order valence-electron chi connectivity index (χ3n) is 3.54. The summed E-state index contributed by atoms with van der Waals surface area (Å²) in [5, 5.41) is 10.0. The molecule has 1 aromatic carbocycles. The van der Waals surface area contributed by atoms with E-state index in [2.05, 4.69) is 26.6 Å². The summed E-state index contributed by atoms with van der Waals surface area (Å²) in [5.41, 5.74) is 1.28. The summed E-state index contributed by atoms with van der Waals surface area (Å²) >= 11 is 0. The molecular weight excluding hydrogens is 280 g/mol. The highest BCUT2D eigenvalue weighted by atomic mass is 28.3. The Morgan fingerprint density at radius 3 is 2.38 bits per heavy atom. The van der Waals surface area contributed by atoms with Crippen LogP contribution < -0.4 is 0 Å². The molecule has 0 aliphatic heterocycles. The zero-order valence-corrected chi connectivity index (χ0v) is 14.8. The maximum absolute atomic E-state index is 10.0. The van der Waals surface area contributed by atoms with Crippen molar-refractivity contribution >= 4 is 8.07 Å². The maximum Gasteiger partial charge on any atom is 0.147 e. The van der Waals surface area contributed by atoms with Crippen LogP contribution >= 0.6 is 0 Å². The Morgan fingerprint density at radius 1 is 1.14 bits per heavy atom. The molecule has 0 heterocycles. The van der Waals surface area contributed by atoms with Crippen molar-refractivity contribution in [2.75, 3.05) is 6.79 Å². The van der Waals surface area contributed by atoms with E-state index in [0.717, 1.165) is 24.8 Å². The fraction of sp³-hybridized carbons (Fsp3) is 0.647. The molecule has 0 aliphatic carbocycles. The van der Waals surface area contributed by atoms with Gasteiger partial charge in [-0.2, -0.15) is 0 Å². The van der Waals surface area contributed by atoms with Crippen molar-refractivity contribution in [3.63, 3.8) is 0 Å². The minimum atomic E-state index is -1.47. The molecule has 0 bridgehead atoms. The molecule has 3 nitrogen and oxygen atoms in total. The maximum atomic E-state index is 10.0. The van der Waals surface area contributed by atoms with Crippen LogP contribution in [0.15, 0.2) is 30.3 Å². The van der Waals surface area contributed by atoms with E-state index >= 15 is 0 Å². The van der Waals surface area contributed by atoms with Crippen LogP contribution in [-0.4, -0.2) is 31.8 Å². The molecule has 0 radical (unpaired) electrons. The molecule has 0 fully saturated rings. The SMILES string of the molecule is CCC[C@@H](O)C[C@H](OCOCc1ccccc1)[Si](C)(C)C. The first kappa shape index (κ1) is 18.4. The van der Waals surface area contributed by atoms with Crippen molar-refractivity contribution in [3.8, 4) is 0 Å². The van der Waals surface area contributed by atoms with E-state index in [0.29, 0.717) is 13.4 Å². The molecule has 21 heavy (non-hydrogen) atoms. The molecule has 120 valence electrons. The van der Waals surface area contributed by atoms with E-state index in [1.807, 2.05) is 30.3 Å². The van der Waals surface area contributed by atoms with Crippen LogP contribution in [0.1, 0.15) is 31.7 Å². The van der Waals surface area contributed by atoms with Crippen molar-refractivity contribution in [1.82, 2.24) is 0 Å². The van der Waals surface area contributed by atoms with Crippen molar-refractivity contribution in [2.24, 2.45) is 0 Å². The van der Waals surface area contributed by atoms with Gasteiger partial charge in [-0.05, 0) is 18.4 Å². The minimum Gasteiger partial charge on any atom is -0.393 e. The van der Waals surface area contributed by atoms with E-state index in [1.165, 1.54) is 0 Å². The highest BCUT2D eigenvalue weighted by Crippen LogP contribution is 2.19. The average molecular weight is 311 g/mol. The van der Waals surface area contributed by atoms with Crippen molar-refractivity contribution in [1.29, 1.82) is 0 Å². The number of hydrogen-bond donors (Lipinski definition) is 1. The van der Waals surface area contributed by atoms with E-state index in [-0.39, 0.29) is 11.8 Å². The van der Waals surface area contributed by atoms with Gasteiger partial charge in [0.1, 0.15) is 6.79 Å². The first-order chi connectivity index (χ1) is 9.93. The van der Waals surface area contributed by atoms with E-state index in [4.69, 9.17) is 9.47 Å². The normalized spacial score (nSPS) is 14.9. The Balaban J connectivity index is 2.36. The van der Waals surface area contributed by atoms with Crippen LogP contribution in [0, 0.1) is 0 Å². The van der Waals surface area contributed by atoms with Gasteiger partial charge in [0, 0.05) is 0 Å². The van der Waals surface area contributed by atoms with E-state index in [1.54, 1.807) is 0 Å². The average Bonchev–Trinajstić information content (AvgIpc) is 2.42. The largest absolute Gasteiger partial charge is 0.393 e. The van der Waals surface area contributed by atoms with E-state index in [9.17, 15) is 5.11 Å². The Hall–Kier alpha value is -0.683. The lowest BCUT2D eigenvalue weighted by Gasteiger charge is -2.30. The second-order valence-corrected chi connectivity index (χ2v) is 12.0. The Bertz CT molecular complexity index is 375. The molecule has 0 aliphatic rings. The molecule has 0 spiro atoms. The van der Waals surface area contributed by atoms with Gasteiger partial charge in [0.05, 0.1) is 26.5 Å². The highest BCUT2D eigenvalue weighted by Gasteiger charge is 2.29. The Kier molecular flexibility index (Phi) is 8.18. The minimum absolute atomic E-state index is 0.134. The summed E-state index contributed by atoms with van der Waals surface area (Å²) in [4.78, 5) is 0. The number of hydrogen-bond acceptors (Lipinski definition) is 3. The monoisotopic (exact) mass is 310 g/mol. The lowest BCUT2D eigenvalue weighted by molar-refractivity contribution is -0.0848. The topological polar surface area (TPSA) is 38.7 Å². The predicted octanol–water partition coefficient (Wildman–Crippen LogP) is 3.97. The Labute approximate surface area is 130 Å². The summed E-state index contributed by atoms with van der Waals surface area (Å²) in [6.45, 7) is 9.77. The standard InChI is InChI=1S/C17H30O3Si/c1-5-9-16(18)12-17(21(2,3)4)20-14-19-13-15-10-7-6-8-11-15/h6-8,10-11,16-18H,5,9,12-14H2,1-4H3/t16-,17-/m1/s1. The van der Waals surface area contributed by atoms with Gasteiger partial charge < -0.3 is 14.6 Å². The van der Waals surface area contributed by atoms with Crippen LogP contribution in [-0.2, 0) is 16.1 Å². The van der Waals surface area contributed by atoms with Gasteiger partial charge >= 0.3 is 0 Å². The molecule has 1 aromatic rings. The number of aliphatic hydroxyl groups is 1. The van der Waals surface area contributed by atoms with Crippen molar-refractivity contribution in [2.45, 2.75) is 64.3 Å². The lowest BCUT2D eigenvalue weighted by Crippen LogP contribution is -2.43. The van der Waals surface area contributed by atoms with Crippen molar-refractivity contribution in [3.05, 3.63) is 35.9 Å². The number of ether oxygens (including phenoxy) is 2. The number of aliphatic hydroxyl groups excluding tert-OH is 1. The van der Waals surface area contributed by atoms with Crippen LogP contribution in [0.4, 0.5) is 0 Å². The van der Waals surface area contributed by atoms with Gasteiger partial charge in [0.2, 0.25) is 0 Å². The fourth-order valence-electron chi connectivity index (χ4n) is 2.23. The molecule has 2 atom stereocenters.